The van der Waals surface area contributed by atoms with E-state index in [1.54, 1.807) is 4.68 Å². The van der Waals surface area contributed by atoms with Crippen LogP contribution in [0.1, 0.15) is 37.1 Å². The van der Waals surface area contributed by atoms with Gasteiger partial charge in [0.1, 0.15) is 18.2 Å². The molecule has 0 saturated heterocycles. The molecular formula is C19H30Cl2N6O. The van der Waals surface area contributed by atoms with Crippen molar-refractivity contribution in [1.82, 2.24) is 20.1 Å². The standard InChI is InChI=1S/C19H28N6O.2ClH/c1-13(2)18(20)19-22-14(3)23-25(19)12-17(26)21-9-11-24-10-8-15-6-4-5-7-16(15)24;;/h4-7,13,18H,8-12,20H2,1-3H3,(H,21,26);2*1H/t18-;;/m0../s1. The average Bonchev–Trinajstić information content (AvgIpc) is 3.18. The fraction of sp³-hybridized carbons (Fsp3) is 0.526. The minimum atomic E-state index is -0.231. The maximum Gasteiger partial charge on any atom is 0.241 e. The van der Waals surface area contributed by atoms with Crippen LogP contribution < -0.4 is 16.0 Å². The minimum absolute atomic E-state index is 0. The highest BCUT2D eigenvalue weighted by atomic mass is 35.5. The highest BCUT2D eigenvalue weighted by molar-refractivity contribution is 5.85. The van der Waals surface area contributed by atoms with Crippen molar-refractivity contribution in [3.8, 4) is 0 Å². The fourth-order valence-corrected chi connectivity index (χ4v) is 3.29. The first-order valence-electron chi connectivity index (χ1n) is 9.22. The summed E-state index contributed by atoms with van der Waals surface area (Å²) in [5.74, 6) is 1.47. The van der Waals surface area contributed by atoms with Crippen LogP contribution in [0.5, 0.6) is 0 Å². The summed E-state index contributed by atoms with van der Waals surface area (Å²) < 4.78 is 1.63. The highest BCUT2D eigenvalue weighted by Gasteiger charge is 2.21. The lowest BCUT2D eigenvalue weighted by Gasteiger charge is -2.20. The lowest BCUT2D eigenvalue weighted by atomic mass is 10.1. The number of anilines is 1. The van der Waals surface area contributed by atoms with Crippen molar-refractivity contribution in [2.75, 3.05) is 24.5 Å². The van der Waals surface area contributed by atoms with Gasteiger partial charge in [0, 0.05) is 25.3 Å². The lowest BCUT2D eigenvalue weighted by Crippen LogP contribution is -2.36. The number of para-hydroxylation sites is 1. The van der Waals surface area contributed by atoms with E-state index in [4.69, 9.17) is 5.73 Å². The smallest absolute Gasteiger partial charge is 0.241 e. The Morgan fingerprint density at radius 3 is 2.71 bits per heavy atom. The predicted molar refractivity (Wildman–Crippen MR) is 116 cm³/mol. The van der Waals surface area contributed by atoms with Gasteiger partial charge in [-0.25, -0.2) is 9.67 Å². The second-order valence-electron chi connectivity index (χ2n) is 7.16. The second-order valence-corrected chi connectivity index (χ2v) is 7.16. The van der Waals surface area contributed by atoms with Gasteiger partial charge in [0.15, 0.2) is 0 Å². The molecule has 28 heavy (non-hydrogen) atoms. The summed E-state index contributed by atoms with van der Waals surface area (Å²) in [6, 6.07) is 8.21. The van der Waals surface area contributed by atoms with Gasteiger partial charge in [-0.3, -0.25) is 4.79 Å². The largest absolute Gasteiger partial charge is 0.369 e. The number of hydrogen-bond donors (Lipinski definition) is 2. The molecule has 1 aliphatic heterocycles. The van der Waals surface area contributed by atoms with Crippen LogP contribution in [0.15, 0.2) is 24.3 Å². The maximum absolute atomic E-state index is 12.3. The van der Waals surface area contributed by atoms with Crippen molar-refractivity contribution < 1.29 is 4.79 Å². The van der Waals surface area contributed by atoms with Crippen molar-refractivity contribution in [1.29, 1.82) is 0 Å². The molecule has 156 valence electrons. The summed E-state index contributed by atoms with van der Waals surface area (Å²) in [6.07, 6.45) is 1.07. The van der Waals surface area contributed by atoms with E-state index in [1.807, 2.05) is 20.8 Å². The molecule has 1 atom stereocenters. The molecule has 0 unspecified atom stereocenters. The third-order valence-corrected chi connectivity index (χ3v) is 4.80. The predicted octanol–water partition coefficient (Wildman–Crippen LogP) is 2.26. The van der Waals surface area contributed by atoms with Crippen molar-refractivity contribution in [3.05, 3.63) is 41.5 Å². The van der Waals surface area contributed by atoms with Gasteiger partial charge in [-0.05, 0) is 30.9 Å². The summed E-state index contributed by atoms with van der Waals surface area (Å²) >= 11 is 0. The third kappa shape index (κ3) is 5.59. The van der Waals surface area contributed by atoms with Crippen LogP contribution in [0.4, 0.5) is 5.69 Å². The zero-order valence-corrected chi connectivity index (χ0v) is 18.2. The lowest BCUT2D eigenvalue weighted by molar-refractivity contribution is -0.121. The van der Waals surface area contributed by atoms with Gasteiger partial charge in [-0.2, -0.15) is 5.10 Å². The van der Waals surface area contributed by atoms with E-state index in [0.29, 0.717) is 18.2 Å². The quantitative estimate of drug-likeness (QED) is 0.705. The van der Waals surface area contributed by atoms with Gasteiger partial charge < -0.3 is 16.0 Å². The van der Waals surface area contributed by atoms with E-state index in [-0.39, 0.29) is 49.2 Å². The summed E-state index contributed by atoms with van der Waals surface area (Å²) in [5.41, 5.74) is 8.85. The molecule has 2 heterocycles. The van der Waals surface area contributed by atoms with Crippen molar-refractivity contribution >= 4 is 36.4 Å². The topological polar surface area (TPSA) is 89.1 Å². The molecule has 1 aromatic heterocycles. The normalized spacial score (nSPS) is 13.5. The molecule has 0 saturated carbocycles. The van der Waals surface area contributed by atoms with Crippen LogP contribution in [0, 0.1) is 12.8 Å². The minimum Gasteiger partial charge on any atom is -0.369 e. The van der Waals surface area contributed by atoms with E-state index in [0.717, 1.165) is 19.5 Å². The molecule has 3 N–H and O–H groups in total. The van der Waals surface area contributed by atoms with Crippen molar-refractivity contribution in [3.63, 3.8) is 0 Å². The Balaban J connectivity index is 0.00000196. The van der Waals surface area contributed by atoms with Crippen LogP contribution in [-0.2, 0) is 17.8 Å². The van der Waals surface area contributed by atoms with E-state index < -0.39 is 0 Å². The average molecular weight is 429 g/mol. The van der Waals surface area contributed by atoms with Crippen LogP contribution >= 0.6 is 24.8 Å². The number of nitrogens with zero attached hydrogens (tertiary/aromatic N) is 4. The van der Waals surface area contributed by atoms with E-state index in [9.17, 15) is 4.79 Å². The number of aromatic nitrogens is 3. The zero-order chi connectivity index (χ0) is 18.7. The Bertz CT molecular complexity index is 780. The number of rotatable bonds is 7. The Labute approximate surface area is 178 Å². The SMILES string of the molecule is Cc1nc([C@@H](N)C(C)C)n(CC(=O)NCCN2CCc3ccccc32)n1.Cl.Cl. The molecule has 0 spiro atoms. The molecule has 2 aromatic rings. The van der Waals surface area contributed by atoms with E-state index >= 15 is 0 Å². The summed E-state index contributed by atoms with van der Waals surface area (Å²) in [4.78, 5) is 19.0. The van der Waals surface area contributed by atoms with Crippen LogP contribution in [0.3, 0.4) is 0 Å². The summed E-state index contributed by atoms with van der Waals surface area (Å²) in [5, 5.41) is 7.31. The third-order valence-electron chi connectivity index (χ3n) is 4.80. The van der Waals surface area contributed by atoms with Crippen LogP contribution in [0.2, 0.25) is 0 Å². The first kappa shape index (κ1) is 24.2. The number of fused-ring (bicyclic) bond motifs is 1. The van der Waals surface area contributed by atoms with Crippen LogP contribution in [-0.4, -0.2) is 40.3 Å². The molecular weight excluding hydrogens is 399 g/mol. The number of carbonyl (C=O) groups excluding carboxylic acids is 1. The molecule has 1 aromatic carbocycles. The Morgan fingerprint density at radius 2 is 2.00 bits per heavy atom. The summed E-state index contributed by atoms with van der Waals surface area (Å²) in [6.45, 7) is 8.44. The van der Waals surface area contributed by atoms with Gasteiger partial charge in [0.05, 0.1) is 6.04 Å². The molecule has 0 aliphatic carbocycles. The molecule has 3 rings (SSSR count). The van der Waals surface area contributed by atoms with Gasteiger partial charge in [-0.15, -0.1) is 24.8 Å². The van der Waals surface area contributed by atoms with Crippen LogP contribution in [0.25, 0.3) is 0 Å². The molecule has 9 heteroatoms. The molecule has 0 fully saturated rings. The number of carbonyl (C=O) groups is 1. The molecule has 0 bridgehead atoms. The monoisotopic (exact) mass is 428 g/mol. The number of benzene rings is 1. The Kier molecular flexibility index (Phi) is 9.20. The van der Waals surface area contributed by atoms with Gasteiger partial charge in [0.2, 0.25) is 5.91 Å². The number of halogens is 2. The maximum atomic E-state index is 12.3. The Morgan fingerprint density at radius 1 is 1.29 bits per heavy atom. The molecule has 1 amide bonds. The van der Waals surface area contributed by atoms with Gasteiger partial charge in [0.25, 0.3) is 0 Å². The van der Waals surface area contributed by atoms with Crippen molar-refractivity contribution in [2.24, 2.45) is 11.7 Å². The number of nitrogens with two attached hydrogens (primary N) is 1. The van der Waals surface area contributed by atoms with E-state index in [2.05, 4.69) is 44.6 Å². The van der Waals surface area contributed by atoms with Crippen molar-refractivity contribution in [2.45, 2.75) is 39.8 Å². The second kappa shape index (κ2) is 10.6. The molecule has 0 radical (unpaired) electrons. The van der Waals surface area contributed by atoms with E-state index in [1.165, 1.54) is 11.3 Å². The van der Waals surface area contributed by atoms with Gasteiger partial charge in [-0.1, -0.05) is 32.0 Å². The first-order valence-corrected chi connectivity index (χ1v) is 9.22. The zero-order valence-electron chi connectivity index (χ0n) is 16.6. The Hall–Kier alpha value is -1.83. The highest BCUT2D eigenvalue weighted by Crippen LogP contribution is 2.26. The number of nitrogens with one attached hydrogen (secondary N) is 1. The number of hydrogen-bond acceptors (Lipinski definition) is 5. The fourth-order valence-electron chi connectivity index (χ4n) is 3.29. The van der Waals surface area contributed by atoms with Gasteiger partial charge >= 0.3 is 0 Å². The molecule has 1 aliphatic rings. The molecule has 7 nitrogen and oxygen atoms in total. The summed E-state index contributed by atoms with van der Waals surface area (Å²) in [7, 11) is 0. The number of aryl methyl sites for hydroxylation is 1. The number of amides is 1. The first-order chi connectivity index (χ1) is 12.5.